The van der Waals surface area contributed by atoms with Gasteiger partial charge in [0, 0.05) is 11.8 Å². The van der Waals surface area contributed by atoms with Crippen molar-refractivity contribution < 1.29 is 9.59 Å². The number of hydrogen-bond donors (Lipinski definition) is 2. The standard InChI is InChI=1S/C27H21N7O2S2/c28-14-18-5-1-3-16(9-18)11-22(35)30-26-32-24(37-26)20-7-8-21(13-20)25-33-34-27(38-25)31-23(36)12-17-4-2-6-19(10-17)15-29/h1-6,9-10,20-21H,7-8,11-13H2,(H,31,34,36)/p+1. The van der Waals surface area contributed by atoms with E-state index >= 15 is 0 Å². The fourth-order valence-corrected chi connectivity index (χ4v) is 6.31. The van der Waals surface area contributed by atoms with Crippen molar-refractivity contribution in [1.29, 1.82) is 10.5 Å². The Labute approximate surface area is 227 Å². The Morgan fingerprint density at radius 3 is 2.16 bits per heavy atom. The van der Waals surface area contributed by atoms with Gasteiger partial charge in [-0.15, -0.1) is 10.2 Å². The van der Waals surface area contributed by atoms with Gasteiger partial charge in [-0.2, -0.15) is 20.5 Å². The molecule has 1 saturated carbocycles. The number of amides is 2. The number of rotatable bonds is 7. The van der Waals surface area contributed by atoms with E-state index in [-0.39, 0.29) is 30.6 Å². The van der Waals surface area contributed by atoms with Gasteiger partial charge >= 0.3 is 11.1 Å². The van der Waals surface area contributed by atoms with E-state index in [1.54, 1.807) is 36.4 Å². The minimum atomic E-state index is -0.199. The Morgan fingerprint density at radius 1 is 0.921 bits per heavy atom. The van der Waals surface area contributed by atoms with Crippen LogP contribution in [-0.4, -0.2) is 32.2 Å². The van der Waals surface area contributed by atoms with Crippen molar-refractivity contribution in [3.05, 3.63) is 75.8 Å². The molecule has 2 amide bonds. The third-order valence-corrected chi connectivity index (χ3v) is 8.34. The van der Waals surface area contributed by atoms with Gasteiger partial charge in [-0.3, -0.25) is 4.79 Å². The SMILES string of the molecule is N#Cc1cccc(CC(=O)NC2=[N+]=C(C3CCC(c4nnc(NC(=O)Cc5cccc(C#N)c5)s4)C3)S2)c1. The summed E-state index contributed by atoms with van der Waals surface area (Å²) in [6.07, 6.45) is 3.20. The summed E-state index contributed by atoms with van der Waals surface area (Å²) in [5.41, 5.74) is 2.61. The Morgan fingerprint density at radius 2 is 1.53 bits per heavy atom. The van der Waals surface area contributed by atoms with E-state index in [0.717, 1.165) is 40.4 Å². The average Bonchev–Trinajstić information content (AvgIpc) is 3.56. The molecule has 2 aromatic carbocycles. The number of anilines is 1. The molecule has 1 fully saturated rings. The maximum atomic E-state index is 12.4. The van der Waals surface area contributed by atoms with Crippen LogP contribution in [0.2, 0.25) is 0 Å². The molecule has 0 bridgehead atoms. The first-order chi connectivity index (χ1) is 18.5. The minimum absolute atomic E-state index is 0.157. The monoisotopic (exact) mass is 540 g/mol. The molecule has 2 N–H and O–H groups in total. The van der Waals surface area contributed by atoms with Crippen molar-refractivity contribution in [3.63, 3.8) is 0 Å². The van der Waals surface area contributed by atoms with Gasteiger partial charge in [-0.1, -0.05) is 35.6 Å². The summed E-state index contributed by atoms with van der Waals surface area (Å²) in [5.74, 6) is 0.211. The first kappa shape index (κ1) is 25.4. The zero-order valence-corrected chi connectivity index (χ0v) is 21.8. The number of nitrogens with one attached hydrogen (secondary N) is 2. The van der Waals surface area contributed by atoms with Crippen LogP contribution in [0.15, 0.2) is 48.5 Å². The molecule has 1 aromatic heterocycles. The molecule has 38 heavy (non-hydrogen) atoms. The molecule has 0 saturated heterocycles. The molecule has 1 aliphatic heterocycles. The summed E-state index contributed by atoms with van der Waals surface area (Å²) in [6, 6.07) is 18.2. The first-order valence-electron chi connectivity index (χ1n) is 12.0. The van der Waals surface area contributed by atoms with Crippen LogP contribution in [0.3, 0.4) is 0 Å². The maximum Gasteiger partial charge on any atom is 0.421 e. The van der Waals surface area contributed by atoms with Crippen molar-refractivity contribution in [1.82, 2.24) is 20.2 Å². The number of nitrogens with zero attached hydrogens (tertiary/aromatic N) is 5. The second-order valence-corrected chi connectivity index (χ2v) is 11.1. The van der Waals surface area contributed by atoms with E-state index in [1.165, 1.54) is 23.1 Å². The highest BCUT2D eigenvalue weighted by Gasteiger charge is 2.40. The van der Waals surface area contributed by atoms with Gasteiger partial charge in [0.1, 0.15) is 5.01 Å². The van der Waals surface area contributed by atoms with Crippen molar-refractivity contribution in [2.45, 2.75) is 38.0 Å². The number of hydrogen-bond acceptors (Lipinski definition) is 8. The van der Waals surface area contributed by atoms with Crippen LogP contribution >= 0.6 is 23.1 Å². The zero-order valence-electron chi connectivity index (χ0n) is 20.2. The Balaban J connectivity index is 1.12. The van der Waals surface area contributed by atoms with Crippen LogP contribution in [0, 0.1) is 28.6 Å². The maximum absolute atomic E-state index is 12.4. The van der Waals surface area contributed by atoms with Gasteiger partial charge in [0.2, 0.25) is 11.0 Å². The van der Waals surface area contributed by atoms with Crippen molar-refractivity contribution in [2.24, 2.45) is 5.92 Å². The molecule has 11 heteroatoms. The summed E-state index contributed by atoms with van der Waals surface area (Å²) in [7, 11) is 0. The number of carbonyl (C=O) groups is 2. The third-order valence-electron chi connectivity index (χ3n) is 6.32. The number of benzene rings is 2. The van der Waals surface area contributed by atoms with E-state index in [1.807, 2.05) is 12.1 Å². The molecular formula is C27H22N7O2S2+. The molecule has 2 unspecified atom stereocenters. The molecule has 3 aromatic rings. The lowest BCUT2D eigenvalue weighted by Gasteiger charge is -2.10. The zero-order chi connectivity index (χ0) is 26.5. The number of aromatic nitrogens is 2. The lowest BCUT2D eigenvalue weighted by Crippen LogP contribution is -2.38. The number of nitriles is 2. The number of thioether (sulfide) groups is 1. The quantitative estimate of drug-likeness (QED) is 0.437. The van der Waals surface area contributed by atoms with Gasteiger partial charge in [0.25, 0.3) is 5.04 Å². The second kappa shape index (κ2) is 11.4. The molecule has 2 aliphatic rings. The van der Waals surface area contributed by atoms with Gasteiger partial charge < -0.3 is 5.32 Å². The Hall–Kier alpha value is -4.28. The summed E-state index contributed by atoms with van der Waals surface area (Å²) in [4.78, 5) is 24.8. The molecule has 5 rings (SSSR count). The molecule has 0 spiro atoms. The summed E-state index contributed by atoms with van der Waals surface area (Å²) < 4.78 is 4.55. The van der Waals surface area contributed by atoms with Crippen LogP contribution in [0.4, 0.5) is 5.13 Å². The summed E-state index contributed by atoms with van der Waals surface area (Å²) in [5, 5.41) is 35.1. The highest BCUT2D eigenvalue weighted by atomic mass is 32.2. The van der Waals surface area contributed by atoms with Gasteiger partial charge in [0.05, 0.1) is 47.9 Å². The molecule has 0 radical (unpaired) electrons. The number of carbonyl (C=O) groups excluding carboxylic acids is 2. The average molecular weight is 541 g/mol. The Kier molecular flexibility index (Phi) is 7.62. The highest BCUT2D eigenvalue weighted by molar-refractivity contribution is 8.28. The minimum Gasteiger partial charge on any atom is -0.300 e. The van der Waals surface area contributed by atoms with Crippen LogP contribution in [0.5, 0.6) is 0 Å². The van der Waals surface area contributed by atoms with E-state index in [2.05, 4.69) is 37.6 Å². The number of amidine groups is 1. The highest BCUT2D eigenvalue weighted by Crippen LogP contribution is 2.42. The molecule has 1 aliphatic carbocycles. The van der Waals surface area contributed by atoms with E-state index in [9.17, 15) is 9.59 Å². The van der Waals surface area contributed by atoms with Crippen LogP contribution in [0.1, 0.15) is 52.4 Å². The normalized spacial score (nSPS) is 17.8. The van der Waals surface area contributed by atoms with Crippen LogP contribution in [0.25, 0.3) is 0 Å². The summed E-state index contributed by atoms with van der Waals surface area (Å²) >= 11 is 2.90. The smallest absolute Gasteiger partial charge is 0.300 e. The van der Waals surface area contributed by atoms with Gasteiger partial charge in [-0.05, 0) is 54.7 Å². The van der Waals surface area contributed by atoms with Crippen LogP contribution < -0.4 is 15.3 Å². The summed E-state index contributed by atoms with van der Waals surface area (Å²) in [6.45, 7) is 0. The lowest BCUT2D eigenvalue weighted by atomic mass is 10.1. The van der Waals surface area contributed by atoms with Crippen LogP contribution in [-0.2, 0) is 22.4 Å². The lowest BCUT2D eigenvalue weighted by molar-refractivity contribution is -0.119. The van der Waals surface area contributed by atoms with Crippen molar-refractivity contribution >= 4 is 50.3 Å². The largest absolute Gasteiger partial charge is 0.421 e. The van der Waals surface area contributed by atoms with E-state index in [4.69, 9.17) is 10.5 Å². The molecular weight excluding hydrogens is 518 g/mol. The molecule has 2 atom stereocenters. The second-order valence-electron chi connectivity index (χ2n) is 9.08. The fraction of sp³-hybridized carbons (Fsp3) is 0.259. The molecule has 9 nitrogen and oxygen atoms in total. The first-order valence-corrected chi connectivity index (χ1v) is 13.7. The van der Waals surface area contributed by atoms with Crippen molar-refractivity contribution in [3.8, 4) is 12.1 Å². The Bertz CT molecular complexity index is 1560. The fourth-order valence-electron chi connectivity index (χ4n) is 4.51. The van der Waals surface area contributed by atoms with Crippen molar-refractivity contribution in [2.75, 3.05) is 5.32 Å². The molecule has 2 heterocycles. The van der Waals surface area contributed by atoms with E-state index < -0.39 is 0 Å². The van der Waals surface area contributed by atoms with Gasteiger partial charge in [-0.25, -0.2) is 4.79 Å². The molecule has 188 valence electrons. The topological polar surface area (TPSA) is 146 Å². The van der Waals surface area contributed by atoms with Gasteiger partial charge in [0.15, 0.2) is 0 Å². The third kappa shape index (κ3) is 6.16. The predicted molar refractivity (Wildman–Crippen MR) is 146 cm³/mol. The van der Waals surface area contributed by atoms with E-state index in [0.29, 0.717) is 27.3 Å². The predicted octanol–water partition coefficient (Wildman–Crippen LogP) is 3.27.